The van der Waals surface area contributed by atoms with E-state index in [2.05, 4.69) is 26.3 Å². The number of halogens is 1. The summed E-state index contributed by atoms with van der Waals surface area (Å²) < 4.78 is 2.60. The van der Waals surface area contributed by atoms with Crippen LogP contribution in [-0.4, -0.2) is 21.6 Å². The van der Waals surface area contributed by atoms with Crippen LogP contribution in [0.4, 0.5) is 5.69 Å². The van der Waals surface area contributed by atoms with E-state index in [-0.39, 0.29) is 5.91 Å². The van der Waals surface area contributed by atoms with Gasteiger partial charge in [-0.3, -0.25) is 9.59 Å². The molecule has 0 aliphatic carbocycles. The molecule has 0 fully saturated rings. The number of amides is 2. The number of nitrogens with zero attached hydrogens (tertiary/aromatic N) is 2. The van der Waals surface area contributed by atoms with Crippen molar-refractivity contribution in [2.24, 2.45) is 5.73 Å². The number of nitrogens with two attached hydrogens (primary N) is 1. The Kier molecular flexibility index (Phi) is 5.18. The van der Waals surface area contributed by atoms with E-state index in [1.54, 1.807) is 28.9 Å². The van der Waals surface area contributed by atoms with Crippen molar-refractivity contribution in [3.05, 3.63) is 76.0 Å². The average Bonchev–Trinajstić information content (AvgIpc) is 3.07. The third kappa shape index (κ3) is 3.67. The van der Waals surface area contributed by atoms with Crippen LogP contribution < -0.4 is 11.1 Å². The standard InChI is InChI=1S/C19H17BrN4O2/c1-2-17-16(18(21)25)11-22-24(17)15-9-7-14(8-10-15)23-19(26)12-3-5-13(20)6-4-12/h3-11H,2H2,1H3,(H2,21,25)(H,23,26). The van der Waals surface area contributed by atoms with E-state index in [0.717, 1.165) is 15.9 Å². The van der Waals surface area contributed by atoms with Crippen molar-refractivity contribution >= 4 is 33.4 Å². The van der Waals surface area contributed by atoms with Crippen molar-refractivity contribution in [1.29, 1.82) is 0 Å². The number of carbonyl (C=O) groups excluding carboxylic acids is 2. The van der Waals surface area contributed by atoms with Crippen LogP contribution in [0.2, 0.25) is 0 Å². The fourth-order valence-corrected chi connectivity index (χ4v) is 2.90. The predicted octanol–water partition coefficient (Wildman–Crippen LogP) is 3.55. The molecule has 0 saturated heterocycles. The number of aromatic nitrogens is 2. The third-order valence-corrected chi connectivity index (χ3v) is 4.47. The van der Waals surface area contributed by atoms with E-state index in [4.69, 9.17) is 5.73 Å². The summed E-state index contributed by atoms with van der Waals surface area (Å²) >= 11 is 3.34. The highest BCUT2D eigenvalue weighted by molar-refractivity contribution is 9.10. The van der Waals surface area contributed by atoms with Crippen LogP contribution >= 0.6 is 15.9 Å². The van der Waals surface area contributed by atoms with Gasteiger partial charge in [0, 0.05) is 15.7 Å². The van der Waals surface area contributed by atoms with Crippen LogP contribution in [0.5, 0.6) is 0 Å². The normalized spacial score (nSPS) is 10.5. The van der Waals surface area contributed by atoms with Crippen molar-refractivity contribution in [3.8, 4) is 5.69 Å². The first-order valence-corrected chi connectivity index (χ1v) is 8.83. The monoisotopic (exact) mass is 412 g/mol. The van der Waals surface area contributed by atoms with E-state index >= 15 is 0 Å². The van der Waals surface area contributed by atoms with Crippen molar-refractivity contribution in [2.45, 2.75) is 13.3 Å². The lowest BCUT2D eigenvalue weighted by Gasteiger charge is -2.09. The Morgan fingerprint density at radius 2 is 1.77 bits per heavy atom. The van der Waals surface area contributed by atoms with Gasteiger partial charge in [-0.05, 0) is 55.0 Å². The van der Waals surface area contributed by atoms with Crippen molar-refractivity contribution in [2.75, 3.05) is 5.32 Å². The molecule has 0 radical (unpaired) electrons. The Bertz CT molecular complexity index is 947. The molecule has 0 bridgehead atoms. The maximum atomic E-state index is 12.3. The molecule has 0 aliphatic heterocycles. The Labute approximate surface area is 159 Å². The third-order valence-electron chi connectivity index (χ3n) is 3.95. The van der Waals surface area contributed by atoms with Gasteiger partial charge in [-0.1, -0.05) is 22.9 Å². The molecule has 6 nitrogen and oxygen atoms in total. The van der Waals surface area contributed by atoms with Gasteiger partial charge in [-0.15, -0.1) is 0 Å². The Balaban J connectivity index is 1.80. The fourth-order valence-electron chi connectivity index (χ4n) is 2.63. The first-order valence-electron chi connectivity index (χ1n) is 8.03. The van der Waals surface area contributed by atoms with Gasteiger partial charge in [0.25, 0.3) is 11.8 Å². The molecule has 0 spiro atoms. The van der Waals surface area contributed by atoms with Gasteiger partial charge in [-0.25, -0.2) is 4.68 Å². The number of primary amides is 1. The molecule has 0 atom stereocenters. The highest BCUT2D eigenvalue weighted by Crippen LogP contribution is 2.19. The second-order valence-electron chi connectivity index (χ2n) is 5.64. The summed E-state index contributed by atoms with van der Waals surface area (Å²) in [6.45, 7) is 1.94. The SMILES string of the molecule is CCc1c(C(N)=O)cnn1-c1ccc(NC(=O)c2ccc(Br)cc2)cc1. The molecule has 1 aromatic heterocycles. The molecule has 1 heterocycles. The van der Waals surface area contributed by atoms with Gasteiger partial charge < -0.3 is 11.1 Å². The predicted molar refractivity (Wildman–Crippen MR) is 104 cm³/mol. The smallest absolute Gasteiger partial charge is 0.255 e. The Hall–Kier alpha value is -2.93. The summed E-state index contributed by atoms with van der Waals surface area (Å²) in [7, 11) is 0. The van der Waals surface area contributed by atoms with Crippen LogP contribution in [0.1, 0.15) is 33.3 Å². The number of rotatable bonds is 5. The quantitative estimate of drug-likeness (QED) is 0.671. The van der Waals surface area contributed by atoms with Gasteiger partial charge in [0.1, 0.15) is 0 Å². The molecule has 7 heteroatoms. The zero-order valence-electron chi connectivity index (χ0n) is 14.1. The van der Waals surface area contributed by atoms with Gasteiger partial charge in [0.05, 0.1) is 23.1 Å². The molecule has 2 amide bonds. The molecular formula is C19H17BrN4O2. The molecular weight excluding hydrogens is 396 g/mol. The molecule has 3 N–H and O–H groups in total. The molecule has 0 saturated carbocycles. The molecule has 3 aromatic rings. The van der Waals surface area contributed by atoms with E-state index in [1.807, 2.05) is 31.2 Å². The van der Waals surface area contributed by atoms with Crippen LogP contribution in [0.15, 0.2) is 59.2 Å². The number of carbonyl (C=O) groups is 2. The van der Waals surface area contributed by atoms with E-state index in [1.165, 1.54) is 6.20 Å². The lowest BCUT2D eigenvalue weighted by molar-refractivity contribution is 0.0996. The summed E-state index contributed by atoms with van der Waals surface area (Å²) in [5.74, 6) is -0.680. The number of hydrogen-bond acceptors (Lipinski definition) is 3. The molecule has 3 rings (SSSR count). The molecule has 0 unspecified atom stereocenters. The lowest BCUT2D eigenvalue weighted by atomic mass is 10.2. The topological polar surface area (TPSA) is 90.0 Å². The number of hydrogen-bond donors (Lipinski definition) is 2. The minimum absolute atomic E-state index is 0.186. The van der Waals surface area contributed by atoms with Gasteiger partial charge in [-0.2, -0.15) is 5.10 Å². The first kappa shape index (κ1) is 17.9. The summed E-state index contributed by atoms with van der Waals surface area (Å²) in [5.41, 5.74) is 8.58. The van der Waals surface area contributed by atoms with Crippen LogP contribution in [-0.2, 0) is 6.42 Å². The molecule has 26 heavy (non-hydrogen) atoms. The van der Waals surface area contributed by atoms with Gasteiger partial charge >= 0.3 is 0 Å². The Morgan fingerprint density at radius 1 is 1.12 bits per heavy atom. The van der Waals surface area contributed by atoms with Gasteiger partial charge in [0.2, 0.25) is 0 Å². The second-order valence-corrected chi connectivity index (χ2v) is 6.56. The summed E-state index contributed by atoms with van der Waals surface area (Å²) in [6.07, 6.45) is 2.10. The molecule has 2 aromatic carbocycles. The van der Waals surface area contributed by atoms with E-state index < -0.39 is 5.91 Å². The first-order chi connectivity index (χ1) is 12.5. The minimum atomic E-state index is -0.494. The Morgan fingerprint density at radius 3 is 2.35 bits per heavy atom. The maximum absolute atomic E-state index is 12.3. The van der Waals surface area contributed by atoms with Crippen molar-refractivity contribution in [1.82, 2.24) is 9.78 Å². The van der Waals surface area contributed by atoms with Crippen LogP contribution in [0, 0.1) is 0 Å². The molecule has 0 aliphatic rings. The average molecular weight is 413 g/mol. The number of benzene rings is 2. The van der Waals surface area contributed by atoms with Crippen molar-refractivity contribution in [3.63, 3.8) is 0 Å². The van der Waals surface area contributed by atoms with E-state index in [9.17, 15) is 9.59 Å². The zero-order chi connectivity index (χ0) is 18.7. The highest BCUT2D eigenvalue weighted by Gasteiger charge is 2.14. The summed E-state index contributed by atoms with van der Waals surface area (Å²) in [5, 5.41) is 7.10. The highest BCUT2D eigenvalue weighted by atomic mass is 79.9. The largest absolute Gasteiger partial charge is 0.365 e. The number of anilines is 1. The zero-order valence-corrected chi connectivity index (χ0v) is 15.7. The van der Waals surface area contributed by atoms with Crippen LogP contribution in [0.25, 0.3) is 5.69 Å². The van der Waals surface area contributed by atoms with Crippen molar-refractivity contribution < 1.29 is 9.59 Å². The van der Waals surface area contributed by atoms with Crippen LogP contribution in [0.3, 0.4) is 0 Å². The molecule has 132 valence electrons. The minimum Gasteiger partial charge on any atom is -0.365 e. The summed E-state index contributed by atoms with van der Waals surface area (Å²) in [6, 6.07) is 14.4. The maximum Gasteiger partial charge on any atom is 0.255 e. The lowest BCUT2D eigenvalue weighted by Crippen LogP contribution is -2.14. The summed E-state index contributed by atoms with van der Waals surface area (Å²) in [4.78, 5) is 23.7. The number of nitrogens with one attached hydrogen (secondary N) is 1. The fraction of sp³-hybridized carbons (Fsp3) is 0.105. The van der Waals surface area contributed by atoms with Gasteiger partial charge in [0.15, 0.2) is 0 Å². The van der Waals surface area contributed by atoms with E-state index in [0.29, 0.717) is 23.2 Å². The second kappa shape index (κ2) is 7.53.